The number of benzene rings is 3. The van der Waals surface area contributed by atoms with Crippen LogP contribution in [-0.4, -0.2) is 103 Å². The van der Waals surface area contributed by atoms with Crippen LogP contribution in [0.2, 0.25) is 0 Å². The number of H-pyrrole nitrogens is 1. The number of nitrogens with one attached hydrogen (secondary N) is 1. The van der Waals surface area contributed by atoms with Crippen molar-refractivity contribution < 1.29 is 19.1 Å². The number of imidazole rings is 3. The summed E-state index contributed by atoms with van der Waals surface area (Å²) in [6.07, 6.45) is 2.99. The summed E-state index contributed by atoms with van der Waals surface area (Å²) >= 11 is 0. The lowest BCUT2D eigenvalue weighted by Gasteiger charge is -2.19. The van der Waals surface area contributed by atoms with Crippen LogP contribution in [0.4, 0.5) is 9.59 Å². The van der Waals surface area contributed by atoms with E-state index in [4.69, 9.17) is 40.4 Å². The van der Waals surface area contributed by atoms with Crippen LogP contribution >= 0.6 is 0 Å². The number of carbonyl (C=O) groups is 2. The van der Waals surface area contributed by atoms with Crippen LogP contribution < -0.4 is 0 Å². The van der Waals surface area contributed by atoms with Crippen molar-refractivity contribution in [2.45, 2.75) is 80.9 Å². The molecule has 17 heteroatoms. The van der Waals surface area contributed by atoms with Crippen LogP contribution in [0.5, 0.6) is 0 Å². The third kappa shape index (κ3) is 18.1. The standard InChI is InChI=1S/2C13H16N2O2.C8H8N2.C7H4.CH4.B7/c1-9-5-6-11-10(7-9)14-8-15(11)12(16)17-13(2,3)4;1-9-5-6-10-11(7-9)15(8-14-10)12(16)17-13(2,3)4;1-6-2-3-7-8(4-6)10-5-9-7;1-3-5-7-6-4-2;;1-5-7(4)6(2)3/h2*5-8H,1-4H3;2-5H,1H3,(H,9,10);1-2H2;1H4;. The molecule has 6 rings (SSSR count). The number of rotatable bonds is 2. The van der Waals surface area contributed by atoms with Crippen molar-refractivity contribution in [1.29, 1.82) is 0 Å². The van der Waals surface area contributed by atoms with E-state index in [1.807, 2.05) is 97.9 Å². The Morgan fingerprint density at radius 2 is 1.17 bits per heavy atom. The second-order valence-corrected chi connectivity index (χ2v) is 14.7. The van der Waals surface area contributed by atoms with Crippen LogP contribution in [0.1, 0.15) is 65.7 Å². The highest BCUT2D eigenvalue weighted by Crippen LogP contribution is 2.18. The van der Waals surface area contributed by atoms with Crippen molar-refractivity contribution in [3.63, 3.8) is 0 Å². The summed E-state index contributed by atoms with van der Waals surface area (Å²) in [5, 5.41) is 0. The summed E-state index contributed by atoms with van der Waals surface area (Å²) in [5.41, 5.74) is 19.8. The maximum absolute atomic E-state index is 11.9. The highest BCUT2D eigenvalue weighted by molar-refractivity contribution is 7.81. The average molecular weight is 777 g/mol. The van der Waals surface area contributed by atoms with Gasteiger partial charge in [0.1, 0.15) is 23.9 Å². The summed E-state index contributed by atoms with van der Waals surface area (Å²) in [6.45, 7) is 23.6. The van der Waals surface area contributed by atoms with Gasteiger partial charge in [0, 0.05) is 50.8 Å². The van der Waals surface area contributed by atoms with Gasteiger partial charge in [0.25, 0.3) is 0 Å². The summed E-state index contributed by atoms with van der Waals surface area (Å²) in [6, 6.07) is 17.7. The monoisotopic (exact) mass is 777 g/mol. The predicted octanol–water partition coefficient (Wildman–Crippen LogP) is 7.68. The zero-order chi connectivity index (χ0) is 43.6. The van der Waals surface area contributed by atoms with Crippen molar-refractivity contribution in [3.8, 4) is 0 Å². The van der Waals surface area contributed by atoms with Crippen LogP contribution in [-0.2, 0) is 9.47 Å². The minimum absolute atomic E-state index is 0. The average Bonchev–Trinajstić information content (AvgIpc) is 3.89. The van der Waals surface area contributed by atoms with E-state index in [0.717, 1.165) is 44.2 Å². The molecule has 59 heavy (non-hydrogen) atoms. The smallest absolute Gasteiger partial charge is 0.420 e. The van der Waals surface area contributed by atoms with E-state index in [9.17, 15) is 9.59 Å². The number of aromatic nitrogens is 6. The third-order valence-electron chi connectivity index (χ3n) is 7.13. The molecule has 291 valence electrons. The number of ether oxygens (including phenoxy) is 2. The number of aryl methyl sites for hydroxylation is 3. The molecule has 10 nitrogen and oxygen atoms in total. The van der Waals surface area contributed by atoms with Gasteiger partial charge in [-0.2, -0.15) is 0 Å². The highest BCUT2D eigenvalue weighted by Gasteiger charge is 2.20. The molecule has 0 spiro atoms. The van der Waals surface area contributed by atoms with Crippen LogP contribution in [0, 0.1) is 20.8 Å². The quantitative estimate of drug-likeness (QED) is 0.142. The van der Waals surface area contributed by atoms with E-state index in [-0.39, 0.29) is 13.8 Å². The Labute approximate surface area is 356 Å². The van der Waals surface area contributed by atoms with Crippen molar-refractivity contribution in [3.05, 3.63) is 132 Å². The molecule has 0 aliphatic rings. The molecule has 6 aromatic rings. The van der Waals surface area contributed by atoms with E-state index < -0.39 is 29.8 Å². The minimum Gasteiger partial charge on any atom is -0.443 e. The van der Waals surface area contributed by atoms with Gasteiger partial charge < -0.3 is 14.5 Å². The number of hydrogen-bond donors (Lipinski definition) is 1. The molecule has 0 atom stereocenters. The molecule has 3 aromatic heterocycles. The molecule has 3 heterocycles. The van der Waals surface area contributed by atoms with Crippen molar-refractivity contribution in [2.24, 2.45) is 0 Å². The molecule has 0 fully saturated rings. The Kier molecular flexibility index (Phi) is 20.9. The largest absolute Gasteiger partial charge is 0.443 e. The van der Waals surface area contributed by atoms with Crippen LogP contribution in [0.15, 0.2) is 115 Å². The maximum Gasteiger partial charge on any atom is 0.420 e. The SMILES string of the molecule is C.C=C=C=C=C=C=C.Cc1ccc2c(c1)ncn2C(=O)OC(C)(C)C.Cc1ccc2nc[nH]c2c1.Cc1ccc2ncn(C(=O)OC(C)(C)C)c2c1.[B][B]B([B])B([B])[B]. The van der Waals surface area contributed by atoms with E-state index in [1.54, 1.807) is 6.33 Å². The van der Waals surface area contributed by atoms with Gasteiger partial charge in [-0.25, -0.2) is 33.7 Å². The van der Waals surface area contributed by atoms with Gasteiger partial charge in [-0.3, -0.25) is 0 Å². The van der Waals surface area contributed by atoms with Crippen LogP contribution in [0.3, 0.4) is 0 Å². The molecule has 9 radical (unpaired) electrons. The molecule has 0 amide bonds. The molecular formula is C42H48B7N6O4. The van der Waals surface area contributed by atoms with Crippen molar-refractivity contribution >= 4 is 96.1 Å². The molecule has 0 saturated heterocycles. The highest BCUT2D eigenvalue weighted by atomic mass is 16.6. The fourth-order valence-corrected chi connectivity index (χ4v) is 4.45. The molecular weight excluding hydrogens is 728 g/mol. The first-order chi connectivity index (χ1) is 27.2. The molecule has 0 unspecified atom stereocenters. The van der Waals surface area contributed by atoms with Crippen molar-refractivity contribution in [2.75, 3.05) is 0 Å². The van der Waals surface area contributed by atoms with Gasteiger partial charge in [0.05, 0.1) is 39.4 Å². The molecule has 0 bridgehead atoms. The number of aromatic amines is 1. The third-order valence-corrected chi connectivity index (χ3v) is 7.13. The van der Waals surface area contributed by atoms with Gasteiger partial charge in [-0.15, -0.1) is 0 Å². The predicted molar refractivity (Wildman–Crippen MR) is 249 cm³/mol. The Balaban J connectivity index is 0.000000387. The number of carbonyl (C=O) groups excluding carboxylic acids is 2. The minimum atomic E-state index is -0.537. The molecule has 0 aliphatic carbocycles. The van der Waals surface area contributed by atoms with Gasteiger partial charge in [-0.1, -0.05) is 37.1 Å². The fraction of sp³-hybridized carbons (Fsp3) is 0.286. The molecule has 3 aromatic carbocycles. The van der Waals surface area contributed by atoms with Crippen molar-refractivity contribution in [1.82, 2.24) is 29.1 Å². The number of hydrogen-bond acceptors (Lipinski definition) is 7. The molecule has 1 N–H and O–H groups in total. The first-order valence-corrected chi connectivity index (χ1v) is 18.0. The van der Waals surface area contributed by atoms with Gasteiger partial charge in [0.2, 0.25) is 0 Å². The zero-order valence-corrected chi connectivity index (χ0v) is 34.8. The zero-order valence-electron chi connectivity index (χ0n) is 34.8. The number of fused-ring (bicyclic) bond motifs is 3. The normalized spacial score (nSPS) is 9.85. The summed E-state index contributed by atoms with van der Waals surface area (Å²) in [5.74, 6) is 0. The van der Waals surface area contributed by atoms with Gasteiger partial charge >= 0.3 is 12.2 Å². The maximum atomic E-state index is 11.9. The summed E-state index contributed by atoms with van der Waals surface area (Å²) in [4.78, 5) is 39.4. The van der Waals surface area contributed by atoms with Gasteiger partial charge in [0.15, 0.2) is 0 Å². The van der Waals surface area contributed by atoms with E-state index in [0.29, 0.717) is 0 Å². The fourth-order valence-electron chi connectivity index (χ4n) is 4.45. The Bertz CT molecular complexity index is 2460. The first kappa shape index (κ1) is 51.1. The van der Waals surface area contributed by atoms with Gasteiger partial charge in [-0.05, 0) is 146 Å². The Morgan fingerprint density at radius 1 is 0.695 bits per heavy atom. The number of nitrogens with zero attached hydrogens (tertiary/aromatic N) is 5. The summed E-state index contributed by atoms with van der Waals surface area (Å²) in [7, 11) is 21.6. The Morgan fingerprint density at radius 3 is 1.66 bits per heavy atom. The first-order valence-electron chi connectivity index (χ1n) is 18.0. The lowest BCUT2D eigenvalue weighted by atomic mass is 8.76. The van der Waals surface area contributed by atoms with Crippen LogP contribution in [0.25, 0.3) is 33.1 Å². The second kappa shape index (κ2) is 24.1. The molecule has 0 saturated carbocycles. The topological polar surface area (TPSA) is 117 Å². The van der Waals surface area contributed by atoms with E-state index >= 15 is 0 Å². The second-order valence-electron chi connectivity index (χ2n) is 14.7. The summed E-state index contributed by atoms with van der Waals surface area (Å²) < 4.78 is 13.5. The Hall–Kier alpha value is -5.90. The van der Waals surface area contributed by atoms with E-state index in [1.165, 1.54) is 34.4 Å². The lowest BCUT2D eigenvalue weighted by Crippen LogP contribution is -2.43. The molecule has 0 aliphatic heterocycles. The lowest BCUT2D eigenvalue weighted by molar-refractivity contribution is 0.0532. The van der Waals surface area contributed by atoms with E-state index in [2.05, 4.69) is 80.8 Å².